The van der Waals surface area contributed by atoms with Gasteiger partial charge < -0.3 is 14.5 Å². The molecule has 0 bridgehead atoms. The van der Waals surface area contributed by atoms with Crippen molar-refractivity contribution in [3.63, 3.8) is 0 Å². The summed E-state index contributed by atoms with van der Waals surface area (Å²) in [7, 11) is 4.08. The van der Waals surface area contributed by atoms with Crippen LogP contribution in [0.25, 0.3) is 0 Å². The van der Waals surface area contributed by atoms with Crippen molar-refractivity contribution in [3.8, 4) is 5.75 Å². The lowest BCUT2D eigenvalue weighted by atomic mass is 10.1. The van der Waals surface area contributed by atoms with Gasteiger partial charge in [-0.1, -0.05) is 18.2 Å². The van der Waals surface area contributed by atoms with Crippen LogP contribution in [0, 0.1) is 0 Å². The molecule has 2 rings (SSSR count). The maximum absolute atomic E-state index is 12.9. The van der Waals surface area contributed by atoms with E-state index in [1.807, 2.05) is 80.5 Å². The fraction of sp³-hybridized carbons (Fsp3) is 0.350. The third-order valence-electron chi connectivity index (χ3n) is 3.71. The predicted molar refractivity (Wildman–Crippen MR) is 98.9 cm³/mol. The highest BCUT2D eigenvalue weighted by molar-refractivity contribution is 6.06. The number of carbonyl (C=O) groups is 1. The Morgan fingerprint density at radius 3 is 2.21 bits per heavy atom. The molecule has 0 saturated heterocycles. The van der Waals surface area contributed by atoms with Crippen molar-refractivity contribution in [3.05, 3.63) is 60.2 Å². The van der Waals surface area contributed by atoms with Gasteiger partial charge in [-0.2, -0.15) is 0 Å². The molecule has 0 aliphatic heterocycles. The number of carbonyl (C=O) groups excluding carboxylic acids is 1. The first kappa shape index (κ1) is 18.0. The van der Waals surface area contributed by atoms with Gasteiger partial charge in [0.05, 0.1) is 6.61 Å². The van der Waals surface area contributed by atoms with Gasteiger partial charge in [0.15, 0.2) is 0 Å². The molecule has 0 atom stereocenters. The summed E-state index contributed by atoms with van der Waals surface area (Å²) in [5.41, 5.74) is 1.60. The zero-order chi connectivity index (χ0) is 17.4. The van der Waals surface area contributed by atoms with E-state index < -0.39 is 0 Å². The van der Waals surface area contributed by atoms with E-state index in [1.54, 1.807) is 0 Å². The number of anilines is 1. The quantitative estimate of drug-likeness (QED) is 0.742. The van der Waals surface area contributed by atoms with E-state index in [-0.39, 0.29) is 5.91 Å². The number of benzene rings is 2. The lowest BCUT2D eigenvalue weighted by Crippen LogP contribution is -2.33. The van der Waals surface area contributed by atoms with E-state index >= 15 is 0 Å². The summed E-state index contributed by atoms with van der Waals surface area (Å²) < 4.78 is 5.49. The van der Waals surface area contributed by atoms with Gasteiger partial charge in [0.2, 0.25) is 0 Å². The van der Waals surface area contributed by atoms with Crippen LogP contribution in [0.5, 0.6) is 5.75 Å². The SMILES string of the molecule is CCOc1ccc(N(CCCN(C)C)C(=O)c2ccccc2)cc1. The third-order valence-corrected chi connectivity index (χ3v) is 3.71. The van der Waals surface area contributed by atoms with Gasteiger partial charge in [0, 0.05) is 17.8 Å². The molecule has 2 aromatic rings. The zero-order valence-corrected chi connectivity index (χ0v) is 14.7. The molecule has 0 spiro atoms. The fourth-order valence-electron chi connectivity index (χ4n) is 2.52. The summed E-state index contributed by atoms with van der Waals surface area (Å²) in [5, 5.41) is 0. The summed E-state index contributed by atoms with van der Waals surface area (Å²) in [6.07, 6.45) is 0.915. The standard InChI is InChI=1S/C20H26N2O2/c1-4-24-19-13-11-18(12-14-19)22(16-8-15-21(2)3)20(23)17-9-6-5-7-10-17/h5-7,9-14H,4,8,15-16H2,1-3H3. The first-order chi connectivity index (χ1) is 11.6. The second-order valence-electron chi connectivity index (χ2n) is 5.91. The molecule has 4 nitrogen and oxygen atoms in total. The van der Waals surface area contributed by atoms with Crippen molar-refractivity contribution >= 4 is 11.6 Å². The van der Waals surface area contributed by atoms with Crippen LogP contribution in [0.4, 0.5) is 5.69 Å². The van der Waals surface area contributed by atoms with Crippen LogP contribution in [-0.2, 0) is 0 Å². The van der Waals surface area contributed by atoms with Gasteiger partial charge in [0.25, 0.3) is 5.91 Å². The zero-order valence-electron chi connectivity index (χ0n) is 14.7. The molecular weight excluding hydrogens is 300 g/mol. The summed E-state index contributed by atoms with van der Waals surface area (Å²) in [6.45, 7) is 4.21. The predicted octanol–water partition coefficient (Wildman–Crippen LogP) is 3.68. The molecule has 1 amide bonds. The van der Waals surface area contributed by atoms with E-state index in [4.69, 9.17) is 4.74 Å². The number of hydrogen-bond donors (Lipinski definition) is 0. The normalized spacial score (nSPS) is 10.7. The van der Waals surface area contributed by atoms with Gasteiger partial charge >= 0.3 is 0 Å². The van der Waals surface area contributed by atoms with Crippen molar-refractivity contribution < 1.29 is 9.53 Å². The largest absolute Gasteiger partial charge is 0.494 e. The highest BCUT2D eigenvalue weighted by Crippen LogP contribution is 2.22. The maximum atomic E-state index is 12.9. The second kappa shape index (κ2) is 9.08. The number of rotatable bonds is 8. The minimum atomic E-state index is 0.0264. The number of ether oxygens (including phenoxy) is 1. The lowest BCUT2D eigenvalue weighted by molar-refractivity contribution is 0.0986. The Hall–Kier alpha value is -2.33. The van der Waals surface area contributed by atoms with Crippen LogP contribution in [-0.4, -0.2) is 44.6 Å². The second-order valence-corrected chi connectivity index (χ2v) is 5.91. The van der Waals surface area contributed by atoms with Crippen molar-refractivity contribution in [1.29, 1.82) is 0 Å². The van der Waals surface area contributed by atoms with Crippen LogP contribution in [0.3, 0.4) is 0 Å². The van der Waals surface area contributed by atoms with Gasteiger partial charge in [-0.05, 0) is 70.4 Å². The van der Waals surface area contributed by atoms with Crippen LogP contribution in [0.2, 0.25) is 0 Å². The molecule has 4 heteroatoms. The fourth-order valence-corrected chi connectivity index (χ4v) is 2.52. The average Bonchev–Trinajstić information content (AvgIpc) is 2.60. The van der Waals surface area contributed by atoms with E-state index in [2.05, 4.69) is 4.90 Å². The molecule has 0 fully saturated rings. The summed E-state index contributed by atoms with van der Waals surface area (Å²) in [6, 6.07) is 17.1. The molecule has 0 aliphatic rings. The first-order valence-electron chi connectivity index (χ1n) is 8.36. The third kappa shape index (κ3) is 5.10. The lowest BCUT2D eigenvalue weighted by Gasteiger charge is -2.24. The minimum Gasteiger partial charge on any atom is -0.494 e. The summed E-state index contributed by atoms with van der Waals surface area (Å²) in [4.78, 5) is 16.9. The van der Waals surface area contributed by atoms with Crippen molar-refractivity contribution in [1.82, 2.24) is 4.90 Å². The molecular formula is C20H26N2O2. The van der Waals surface area contributed by atoms with Crippen molar-refractivity contribution in [2.75, 3.05) is 38.7 Å². The first-order valence-corrected chi connectivity index (χ1v) is 8.36. The molecule has 24 heavy (non-hydrogen) atoms. The molecule has 0 saturated carbocycles. The highest BCUT2D eigenvalue weighted by atomic mass is 16.5. The smallest absolute Gasteiger partial charge is 0.258 e. The maximum Gasteiger partial charge on any atom is 0.258 e. The van der Waals surface area contributed by atoms with Gasteiger partial charge in [-0.3, -0.25) is 4.79 Å². The van der Waals surface area contributed by atoms with Crippen LogP contribution in [0.1, 0.15) is 23.7 Å². The Morgan fingerprint density at radius 1 is 0.958 bits per heavy atom. The van der Waals surface area contributed by atoms with Crippen LogP contribution < -0.4 is 9.64 Å². The van der Waals surface area contributed by atoms with E-state index in [0.29, 0.717) is 18.7 Å². The van der Waals surface area contributed by atoms with Gasteiger partial charge in [0.1, 0.15) is 5.75 Å². The molecule has 0 unspecified atom stereocenters. The Morgan fingerprint density at radius 2 is 1.62 bits per heavy atom. The number of amides is 1. The Labute approximate surface area is 144 Å². The highest BCUT2D eigenvalue weighted by Gasteiger charge is 2.17. The Balaban J connectivity index is 2.19. The Kier molecular flexibility index (Phi) is 6.82. The van der Waals surface area contributed by atoms with E-state index in [0.717, 1.165) is 24.4 Å². The van der Waals surface area contributed by atoms with Gasteiger partial charge in [-0.15, -0.1) is 0 Å². The van der Waals surface area contributed by atoms with Crippen LogP contribution in [0.15, 0.2) is 54.6 Å². The summed E-state index contributed by atoms with van der Waals surface area (Å²) in [5.74, 6) is 0.847. The topological polar surface area (TPSA) is 32.8 Å². The average molecular weight is 326 g/mol. The van der Waals surface area contributed by atoms with Crippen molar-refractivity contribution in [2.45, 2.75) is 13.3 Å². The number of nitrogens with zero attached hydrogens (tertiary/aromatic N) is 2. The number of hydrogen-bond acceptors (Lipinski definition) is 3. The van der Waals surface area contributed by atoms with Crippen molar-refractivity contribution in [2.24, 2.45) is 0 Å². The summed E-state index contributed by atoms with van der Waals surface area (Å²) >= 11 is 0. The molecule has 2 aromatic carbocycles. The van der Waals surface area contributed by atoms with E-state index in [9.17, 15) is 4.79 Å². The van der Waals surface area contributed by atoms with Crippen LogP contribution >= 0.6 is 0 Å². The molecule has 0 N–H and O–H groups in total. The molecule has 0 aliphatic carbocycles. The molecule has 128 valence electrons. The molecule has 0 aromatic heterocycles. The Bertz CT molecular complexity index is 624. The monoisotopic (exact) mass is 326 g/mol. The molecule has 0 heterocycles. The van der Waals surface area contributed by atoms with E-state index in [1.165, 1.54) is 0 Å². The molecule has 0 radical (unpaired) electrons. The van der Waals surface area contributed by atoms with Gasteiger partial charge in [-0.25, -0.2) is 0 Å². The minimum absolute atomic E-state index is 0.0264.